The Bertz CT molecular complexity index is 959. The average Bonchev–Trinajstić information content (AvgIpc) is 3.42. The third-order valence-electron chi connectivity index (χ3n) is 6.12. The van der Waals surface area contributed by atoms with Crippen LogP contribution in [0.25, 0.3) is 0 Å². The number of amides is 1. The summed E-state index contributed by atoms with van der Waals surface area (Å²) in [6.45, 7) is 1.15. The van der Waals surface area contributed by atoms with Gasteiger partial charge in [-0.1, -0.05) is 15.9 Å². The van der Waals surface area contributed by atoms with E-state index in [0.29, 0.717) is 23.7 Å². The van der Waals surface area contributed by atoms with Gasteiger partial charge in [0.1, 0.15) is 0 Å². The van der Waals surface area contributed by atoms with Crippen LogP contribution in [0.2, 0.25) is 0 Å². The standard InChI is InChI=1S/C17H18BrN5O3S/c18-10-1-3-11(4-2-10)27(25,26)23-15-5-6-16(23)13-9-22(8-12(13)15)17(24)14-7-19-21-20-14/h1-4,7,12-13,15-16H,5-6,8-9H2,(H,19,20,21)/t12-,13+,15+,16-. The van der Waals surface area contributed by atoms with E-state index in [0.717, 1.165) is 17.3 Å². The highest BCUT2D eigenvalue weighted by atomic mass is 79.9. The van der Waals surface area contributed by atoms with Crippen LogP contribution in [-0.2, 0) is 10.0 Å². The lowest BCUT2D eigenvalue weighted by Gasteiger charge is -2.26. The molecule has 3 saturated heterocycles. The maximum atomic E-state index is 13.2. The van der Waals surface area contributed by atoms with Crippen LogP contribution in [0.1, 0.15) is 23.3 Å². The zero-order valence-corrected chi connectivity index (χ0v) is 16.7. The van der Waals surface area contributed by atoms with E-state index < -0.39 is 10.0 Å². The van der Waals surface area contributed by atoms with Crippen LogP contribution in [0.5, 0.6) is 0 Å². The number of aromatic amines is 1. The molecule has 1 aromatic heterocycles. The van der Waals surface area contributed by atoms with Gasteiger partial charge in [-0.15, -0.1) is 0 Å². The Morgan fingerprint density at radius 1 is 1.11 bits per heavy atom. The van der Waals surface area contributed by atoms with Crippen LogP contribution in [0, 0.1) is 11.8 Å². The average molecular weight is 452 g/mol. The number of benzene rings is 1. The smallest absolute Gasteiger partial charge is 0.276 e. The molecule has 2 aromatic rings. The SMILES string of the molecule is O=C(c1cn[nH]n1)N1C[C@@H]2[C@H](C1)[C@H]1CC[C@@H]2N1S(=O)(=O)c1ccc(Br)cc1. The van der Waals surface area contributed by atoms with Crippen LogP contribution in [0.15, 0.2) is 39.8 Å². The fourth-order valence-corrected chi connectivity index (χ4v) is 7.26. The zero-order valence-electron chi connectivity index (χ0n) is 14.3. The van der Waals surface area contributed by atoms with Crippen LogP contribution in [-0.4, -0.2) is 64.1 Å². The van der Waals surface area contributed by atoms with Crippen molar-refractivity contribution >= 4 is 31.9 Å². The van der Waals surface area contributed by atoms with E-state index in [1.807, 2.05) is 0 Å². The number of halogens is 1. The van der Waals surface area contributed by atoms with Gasteiger partial charge in [-0.05, 0) is 48.9 Å². The first-order chi connectivity index (χ1) is 13.0. The number of carbonyl (C=O) groups is 1. The molecular formula is C17H18BrN5O3S. The number of nitrogens with one attached hydrogen (secondary N) is 1. The van der Waals surface area contributed by atoms with Gasteiger partial charge in [0, 0.05) is 29.6 Å². The van der Waals surface area contributed by atoms with E-state index in [1.54, 1.807) is 33.5 Å². The molecule has 0 spiro atoms. The predicted molar refractivity (Wildman–Crippen MR) is 99.2 cm³/mol. The van der Waals surface area contributed by atoms with Crippen LogP contribution in [0.4, 0.5) is 0 Å². The molecule has 0 aliphatic carbocycles. The summed E-state index contributed by atoms with van der Waals surface area (Å²) < 4.78 is 29.1. The predicted octanol–water partition coefficient (Wildman–Crippen LogP) is 1.49. The number of H-pyrrole nitrogens is 1. The fourth-order valence-electron chi connectivity index (χ4n) is 5.03. The van der Waals surface area contributed by atoms with Gasteiger partial charge >= 0.3 is 0 Å². The van der Waals surface area contributed by atoms with Crippen molar-refractivity contribution in [2.75, 3.05) is 13.1 Å². The Labute approximate surface area is 165 Å². The van der Waals surface area contributed by atoms with Gasteiger partial charge in [0.25, 0.3) is 5.91 Å². The summed E-state index contributed by atoms with van der Waals surface area (Å²) in [7, 11) is -3.53. The van der Waals surface area contributed by atoms with E-state index >= 15 is 0 Å². The second-order valence-corrected chi connectivity index (χ2v) is 10.2. The highest BCUT2D eigenvalue weighted by molar-refractivity contribution is 9.10. The molecule has 5 rings (SSSR count). The first kappa shape index (κ1) is 17.3. The summed E-state index contributed by atoms with van der Waals surface area (Å²) >= 11 is 3.35. The van der Waals surface area contributed by atoms with Gasteiger partial charge in [-0.2, -0.15) is 19.7 Å². The van der Waals surface area contributed by atoms with Gasteiger partial charge in [-0.3, -0.25) is 4.79 Å². The number of sulfonamides is 1. The minimum atomic E-state index is -3.53. The van der Waals surface area contributed by atoms with Gasteiger partial charge in [0.15, 0.2) is 5.69 Å². The van der Waals surface area contributed by atoms with Gasteiger partial charge < -0.3 is 4.90 Å². The zero-order chi connectivity index (χ0) is 18.8. The van der Waals surface area contributed by atoms with Crippen molar-refractivity contribution < 1.29 is 13.2 Å². The highest BCUT2D eigenvalue weighted by Gasteiger charge is 2.60. The van der Waals surface area contributed by atoms with Crippen molar-refractivity contribution in [3.05, 3.63) is 40.6 Å². The number of likely N-dealkylation sites (tertiary alicyclic amines) is 1. The quantitative estimate of drug-likeness (QED) is 0.761. The Hall–Kier alpha value is -1.78. The summed E-state index contributed by atoms with van der Waals surface area (Å²) in [5.74, 6) is 0.231. The molecule has 1 N–H and O–H groups in total. The molecule has 3 aliphatic heterocycles. The summed E-state index contributed by atoms with van der Waals surface area (Å²) in [5.41, 5.74) is 0.307. The van der Waals surface area contributed by atoms with Crippen LogP contribution >= 0.6 is 15.9 Å². The number of hydrogen-bond donors (Lipinski definition) is 1. The van der Waals surface area contributed by atoms with Crippen molar-refractivity contribution in [1.82, 2.24) is 24.6 Å². The molecule has 142 valence electrons. The van der Waals surface area contributed by atoms with Crippen molar-refractivity contribution in [2.45, 2.75) is 29.8 Å². The Morgan fingerprint density at radius 3 is 2.30 bits per heavy atom. The number of fused-ring (bicyclic) bond motifs is 5. The molecule has 0 radical (unpaired) electrons. The Kier molecular flexibility index (Phi) is 3.92. The molecule has 3 aliphatic rings. The molecule has 3 fully saturated rings. The molecule has 4 atom stereocenters. The Balaban J connectivity index is 1.40. The van der Waals surface area contributed by atoms with Crippen molar-refractivity contribution in [1.29, 1.82) is 0 Å². The van der Waals surface area contributed by atoms with E-state index in [4.69, 9.17) is 0 Å². The summed E-state index contributed by atoms with van der Waals surface area (Å²) in [6, 6.07) is 6.72. The lowest BCUT2D eigenvalue weighted by molar-refractivity contribution is 0.0767. The number of carbonyl (C=O) groups excluding carboxylic acids is 1. The molecule has 8 nitrogen and oxygen atoms in total. The molecule has 27 heavy (non-hydrogen) atoms. The summed E-state index contributed by atoms with van der Waals surface area (Å²) in [6.07, 6.45) is 3.14. The van der Waals surface area contributed by atoms with Crippen molar-refractivity contribution in [3.8, 4) is 0 Å². The number of hydrogen-bond acceptors (Lipinski definition) is 5. The number of aromatic nitrogens is 3. The van der Waals surface area contributed by atoms with Crippen molar-refractivity contribution in [2.24, 2.45) is 11.8 Å². The molecule has 1 amide bonds. The molecule has 10 heteroatoms. The van der Waals surface area contributed by atoms with Crippen molar-refractivity contribution in [3.63, 3.8) is 0 Å². The summed E-state index contributed by atoms with van der Waals surface area (Å²) in [4.78, 5) is 14.7. The number of nitrogens with zero attached hydrogens (tertiary/aromatic N) is 4. The van der Waals surface area contributed by atoms with E-state index in [9.17, 15) is 13.2 Å². The maximum Gasteiger partial charge on any atom is 0.276 e. The van der Waals surface area contributed by atoms with E-state index in [2.05, 4.69) is 31.3 Å². The topological polar surface area (TPSA) is 99.3 Å². The molecule has 0 saturated carbocycles. The fraction of sp³-hybridized carbons (Fsp3) is 0.471. The molecule has 1 aromatic carbocycles. The van der Waals surface area contributed by atoms with E-state index in [-0.39, 0.29) is 29.8 Å². The lowest BCUT2D eigenvalue weighted by atomic mass is 9.82. The third kappa shape index (κ3) is 2.57. The molecule has 2 bridgehead atoms. The van der Waals surface area contributed by atoms with Gasteiger partial charge in [0.2, 0.25) is 10.0 Å². The third-order valence-corrected chi connectivity index (χ3v) is 8.62. The number of rotatable bonds is 3. The van der Waals surface area contributed by atoms with Crippen LogP contribution in [0.3, 0.4) is 0 Å². The maximum absolute atomic E-state index is 13.2. The minimum absolute atomic E-state index is 0.0382. The van der Waals surface area contributed by atoms with Crippen LogP contribution < -0.4 is 0 Å². The molecular weight excluding hydrogens is 434 g/mol. The normalized spacial score (nSPS) is 30.0. The Morgan fingerprint density at radius 2 is 1.74 bits per heavy atom. The lowest BCUT2D eigenvalue weighted by Crippen LogP contribution is -2.41. The highest BCUT2D eigenvalue weighted by Crippen LogP contribution is 2.51. The monoisotopic (exact) mass is 451 g/mol. The second kappa shape index (κ2) is 6.11. The molecule has 4 heterocycles. The minimum Gasteiger partial charge on any atom is -0.336 e. The summed E-state index contributed by atoms with van der Waals surface area (Å²) in [5, 5.41) is 10.0. The van der Waals surface area contributed by atoms with Gasteiger partial charge in [0.05, 0.1) is 11.1 Å². The van der Waals surface area contributed by atoms with E-state index in [1.165, 1.54) is 6.20 Å². The second-order valence-electron chi connectivity index (χ2n) is 7.39. The first-order valence-electron chi connectivity index (χ1n) is 8.91. The largest absolute Gasteiger partial charge is 0.336 e. The first-order valence-corrected chi connectivity index (χ1v) is 11.1. The van der Waals surface area contributed by atoms with Gasteiger partial charge in [-0.25, -0.2) is 8.42 Å². The molecule has 0 unspecified atom stereocenters.